The van der Waals surface area contributed by atoms with Gasteiger partial charge in [-0.05, 0) is 30.4 Å². The number of imidazole rings is 1. The standard InChI is InChI=1S/C13H15N3/c1-2-4-13-12(3-1)10(5-6-15-13)7-11-8-14-9-16-11/h1-4,8-10,15H,5-7H2,(H,14,16). The molecule has 1 aromatic heterocycles. The molecular weight excluding hydrogens is 198 g/mol. The van der Waals surface area contributed by atoms with Gasteiger partial charge in [0.2, 0.25) is 0 Å². The van der Waals surface area contributed by atoms with Crippen molar-refractivity contribution in [2.24, 2.45) is 0 Å². The second kappa shape index (κ2) is 4.00. The molecule has 2 aromatic rings. The minimum Gasteiger partial charge on any atom is -0.385 e. The first-order valence-corrected chi connectivity index (χ1v) is 5.74. The van der Waals surface area contributed by atoms with Crippen LogP contribution in [0.5, 0.6) is 0 Å². The number of rotatable bonds is 2. The monoisotopic (exact) mass is 213 g/mol. The van der Waals surface area contributed by atoms with E-state index in [2.05, 4.69) is 39.6 Å². The Labute approximate surface area is 94.9 Å². The molecule has 1 atom stereocenters. The molecule has 0 saturated heterocycles. The van der Waals surface area contributed by atoms with Crippen molar-refractivity contribution in [3.05, 3.63) is 48.0 Å². The summed E-state index contributed by atoms with van der Waals surface area (Å²) in [7, 11) is 0. The maximum absolute atomic E-state index is 4.31. The highest BCUT2D eigenvalue weighted by Crippen LogP contribution is 2.33. The molecule has 16 heavy (non-hydrogen) atoms. The molecule has 2 N–H and O–H groups in total. The van der Waals surface area contributed by atoms with Gasteiger partial charge in [0.1, 0.15) is 0 Å². The van der Waals surface area contributed by atoms with Crippen LogP contribution in [0, 0.1) is 0 Å². The third-order valence-electron chi connectivity index (χ3n) is 3.22. The molecule has 0 spiro atoms. The second-order valence-electron chi connectivity index (χ2n) is 4.26. The molecule has 82 valence electrons. The van der Waals surface area contributed by atoms with Gasteiger partial charge in [-0.25, -0.2) is 4.98 Å². The Balaban J connectivity index is 1.87. The Hall–Kier alpha value is -1.77. The quantitative estimate of drug-likeness (QED) is 0.805. The van der Waals surface area contributed by atoms with Crippen LogP contribution < -0.4 is 5.32 Å². The van der Waals surface area contributed by atoms with Gasteiger partial charge < -0.3 is 10.3 Å². The number of aromatic amines is 1. The maximum Gasteiger partial charge on any atom is 0.0923 e. The van der Waals surface area contributed by atoms with Gasteiger partial charge in [0.25, 0.3) is 0 Å². The summed E-state index contributed by atoms with van der Waals surface area (Å²) in [4.78, 5) is 7.32. The predicted octanol–water partition coefficient (Wildman–Crippen LogP) is 2.55. The van der Waals surface area contributed by atoms with Crippen LogP contribution >= 0.6 is 0 Å². The van der Waals surface area contributed by atoms with Crippen molar-refractivity contribution >= 4 is 5.69 Å². The number of anilines is 1. The van der Waals surface area contributed by atoms with E-state index in [0.717, 1.165) is 18.7 Å². The van der Waals surface area contributed by atoms with E-state index in [4.69, 9.17) is 0 Å². The summed E-state index contributed by atoms with van der Waals surface area (Å²) in [5.41, 5.74) is 3.87. The molecule has 0 amide bonds. The van der Waals surface area contributed by atoms with E-state index >= 15 is 0 Å². The molecule has 3 nitrogen and oxygen atoms in total. The predicted molar refractivity (Wildman–Crippen MR) is 64.6 cm³/mol. The Morgan fingerprint density at radius 2 is 2.25 bits per heavy atom. The van der Waals surface area contributed by atoms with Crippen LogP contribution in [0.3, 0.4) is 0 Å². The summed E-state index contributed by atoms with van der Waals surface area (Å²) >= 11 is 0. The third-order valence-corrected chi connectivity index (χ3v) is 3.22. The average Bonchev–Trinajstić information content (AvgIpc) is 2.82. The smallest absolute Gasteiger partial charge is 0.0923 e. The third kappa shape index (κ3) is 1.69. The first-order valence-electron chi connectivity index (χ1n) is 5.74. The number of fused-ring (bicyclic) bond motifs is 1. The zero-order chi connectivity index (χ0) is 10.8. The van der Waals surface area contributed by atoms with Crippen LogP contribution in [-0.2, 0) is 6.42 Å². The largest absolute Gasteiger partial charge is 0.385 e. The fraction of sp³-hybridized carbons (Fsp3) is 0.308. The summed E-state index contributed by atoms with van der Waals surface area (Å²) < 4.78 is 0. The van der Waals surface area contributed by atoms with Crippen molar-refractivity contribution in [1.82, 2.24) is 9.97 Å². The lowest BCUT2D eigenvalue weighted by Crippen LogP contribution is -2.18. The van der Waals surface area contributed by atoms with Crippen molar-refractivity contribution < 1.29 is 0 Å². The van der Waals surface area contributed by atoms with Gasteiger partial charge in [-0.15, -0.1) is 0 Å². The molecule has 1 unspecified atom stereocenters. The lowest BCUT2D eigenvalue weighted by Gasteiger charge is -2.26. The highest BCUT2D eigenvalue weighted by molar-refractivity contribution is 5.54. The van der Waals surface area contributed by atoms with E-state index in [-0.39, 0.29) is 0 Å². The molecule has 0 fully saturated rings. The number of hydrogen-bond donors (Lipinski definition) is 2. The lowest BCUT2D eigenvalue weighted by molar-refractivity contribution is 0.617. The average molecular weight is 213 g/mol. The first kappa shape index (κ1) is 9.46. The summed E-state index contributed by atoms with van der Waals surface area (Å²) in [6.45, 7) is 1.06. The number of para-hydroxylation sites is 1. The number of benzene rings is 1. The van der Waals surface area contributed by atoms with Gasteiger partial charge in [0.15, 0.2) is 0 Å². The SMILES string of the molecule is c1ccc2c(c1)NCCC2Cc1c[nH]cn1. The summed E-state index contributed by atoms with van der Waals surface area (Å²) in [6.07, 6.45) is 5.96. The summed E-state index contributed by atoms with van der Waals surface area (Å²) in [5, 5.41) is 3.44. The van der Waals surface area contributed by atoms with Gasteiger partial charge in [0.05, 0.1) is 12.0 Å². The number of nitrogens with zero attached hydrogens (tertiary/aromatic N) is 1. The molecule has 1 aliphatic rings. The van der Waals surface area contributed by atoms with Crippen LogP contribution in [0.15, 0.2) is 36.8 Å². The van der Waals surface area contributed by atoms with Gasteiger partial charge in [-0.3, -0.25) is 0 Å². The van der Waals surface area contributed by atoms with Gasteiger partial charge >= 0.3 is 0 Å². The summed E-state index contributed by atoms with van der Waals surface area (Å²) in [6, 6.07) is 8.58. The number of aromatic nitrogens is 2. The minimum absolute atomic E-state index is 0.598. The van der Waals surface area contributed by atoms with E-state index in [0.29, 0.717) is 5.92 Å². The highest BCUT2D eigenvalue weighted by atomic mass is 14.9. The van der Waals surface area contributed by atoms with E-state index in [1.807, 2.05) is 6.20 Å². The molecule has 0 radical (unpaired) electrons. The molecular formula is C13H15N3. The Kier molecular flexibility index (Phi) is 2.37. The van der Waals surface area contributed by atoms with Crippen molar-refractivity contribution in [3.63, 3.8) is 0 Å². The van der Waals surface area contributed by atoms with Gasteiger partial charge in [-0.1, -0.05) is 18.2 Å². The molecule has 0 aliphatic carbocycles. The maximum atomic E-state index is 4.31. The fourth-order valence-electron chi connectivity index (χ4n) is 2.42. The number of nitrogens with one attached hydrogen (secondary N) is 2. The minimum atomic E-state index is 0.598. The van der Waals surface area contributed by atoms with Crippen molar-refractivity contribution in [3.8, 4) is 0 Å². The molecule has 1 aromatic carbocycles. The van der Waals surface area contributed by atoms with Crippen molar-refractivity contribution in [1.29, 1.82) is 0 Å². The van der Waals surface area contributed by atoms with Crippen LogP contribution in [0.25, 0.3) is 0 Å². The zero-order valence-corrected chi connectivity index (χ0v) is 9.11. The Morgan fingerprint density at radius 1 is 1.31 bits per heavy atom. The highest BCUT2D eigenvalue weighted by Gasteiger charge is 2.20. The number of H-pyrrole nitrogens is 1. The fourth-order valence-corrected chi connectivity index (χ4v) is 2.42. The van der Waals surface area contributed by atoms with E-state index in [9.17, 15) is 0 Å². The van der Waals surface area contributed by atoms with E-state index < -0.39 is 0 Å². The molecule has 2 heterocycles. The van der Waals surface area contributed by atoms with Crippen LogP contribution in [0.1, 0.15) is 23.6 Å². The lowest BCUT2D eigenvalue weighted by atomic mass is 9.87. The topological polar surface area (TPSA) is 40.7 Å². The molecule has 0 saturated carbocycles. The van der Waals surface area contributed by atoms with Gasteiger partial charge in [-0.2, -0.15) is 0 Å². The Morgan fingerprint density at radius 3 is 3.12 bits per heavy atom. The normalized spacial score (nSPS) is 18.9. The van der Waals surface area contributed by atoms with E-state index in [1.54, 1.807) is 6.33 Å². The zero-order valence-electron chi connectivity index (χ0n) is 9.11. The van der Waals surface area contributed by atoms with Crippen LogP contribution in [0.2, 0.25) is 0 Å². The van der Waals surface area contributed by atoms with Crippen LogP contribution in [0.4, 0.5) is 5.69 Å². The first-order chi connectivity index (χ1) is 7.93. The summed E-state index contributed by atoms with van der Waals surface area (Å²) in [5.74, 6) is 0.598. The number of hydrogen-bond acceptors (Lipinski definition) is 2. The van der Waals surface area contributed by atoms with Crippen molar-refractivity contribution in [2.45, 2.75) is 18.8 Å². The van der Waals surface area contributed by atoms with Crippen molar-refractivity contribution in [2.75, 3.05) is 11.9 Å². The second-order valence-corrected chi connectivity index (χ2v) is 4.26. The molecule has 1 aliphatic heterocycles. The van der Waals surface area contributed by atoms with Crippen LogP contribution in [-0.4, -0.2) is 16.5 Å². The molecule has 0 bridgehead atoms. The van der Waals surface area contributed by atoms with Gasteiger partial charge in [0, 0.05) is 18.4 Å². The van der Waals surface area contributed by atoms with E-state index in [1.165, 1.54) is 17.7 Å². The molecule has 3 rings (SSSR count). The Bertz CT molecular complexity index is 462. The molecule has 3 heteroatoms.